The summed E-state index contributed by atoms with van der Waals surface area (Å²) < 4.78 is 35.2. The van der Waals surface area contributed by atoms with Crippen LogP contribution in [0.3, 0.4) is 0 Å². The lowest BCUT2D eigenvalue weighted by Gasteiger charge is -2.34. The van der Waals surface area contributed by atoms with Gasteiger partial charge in [-0.25, -0.2) is 13.4 Å². The highest BCUT2D eigenvalue weighted by molar-refractivity contribution is 7.91. The van der Waals surface area contributed by atoms with Crippen LogP contribution in [-0.4, -0.2) is 81.0 Å². The molecule has 0 bridgehead atoms. The zero-order valence-corrected chi connectivity index (χ0v) is 24.7. The third-order valence-electron chi connectivity index (χ3n) is 7.20. The van der Waals surface area contributed by atoms with E-state index in [-0.39, 0.29) is 16.7 Å². The summed E-state index contributed by atoms with van der Waals surface area (Å²) in [5.41, 5.74) is 2.11. The van der Waals surface area contributed by atoms with Gasteiger partial charge >= 0.3 is 0 Å². The minimum atomic E-state index is -3.69. The van der Waals surface area contributed by atoms with Crippen LogP contribution in [0.4, 0.5) is 5.13 Å². The van der Waals surface area contributed by atoms with Gasteiger partial charge in [0.1, 0.15) is 4.21 Å². The van der Waals surface area contributed by atoms with Crippen LogP contribution >= 0.6 is 34.3 Å². The second-order valence-corrected chi connectivity index (χ2v) is 14.6. The lowest BCUT2D eigenvalue weighted by molar-refractivity contribution is -0.123. The van der Waals surface area contributed by atoms with Gasteiger partial charge in [-0.15, -0.1) is 11.3 Å². The fraction of sp³-hybridized carbons (Fsp3) is 0.538. The van der Waals surface area contributed by atoms with Crippen LogP contribution < -0.4 is 4.90 Å². The SMILES string of the molecule is CCc1cccc2sc(N(CCCN3CCOCC3)C(=O)C3CCCN(S(=O)(=O)c4ccc(Cl)s4)C3)nc12. The van der Waals surface area contributed by atoms with Crippen LogP contribution in [-0.2, 0) is 26.0 Å². The predicted octanol–water partition coefficient (Wildman–Crippen LogP) is 4.73. The minimum absolute atomic E-state index is 0.0480. The van der Waals surface area contributed by atoms with Gasteiger partial charge in [-0.05, 0) is 49.4 Å². The van der Waals surface area contributed by atoms with Crippen molar-refractivity contribution in [2.45, 2.75) is 36.8 Å². The second kappa shape index (κ2) is 12.3. The summed E-state index contributed by atoms with van der Waals surface area (Å²) in [5, 5.41) is 0.692. The molecule has 0 saturated carbocycles. The third-order valence-corrected chi connectivity index (χ3v) is 11.8. The maximum absolute atomic E-state index is 14.0. The number of aryl methyl sites for hydroxylation is 1. The van der Waals surface area contributed by atoms with E-state index >= 15 is 0 Å². The van der Waals surface area contributed by atoms with Crippen molar-refractivity contribution >= 4 is 65.6 Å². The van der Waals surface area contributed by atoms with Crippen LogP contribution in [0.25, 0.3) is 10.2 Å². The van der Waals surface area contributed by atoms with Gasteiger partial charge < -0.3 is 4.74 Å². The Morgan fingerprint density at radius 2 is 2.00 bits per heavy atom. The number of hydrogen-bond acceptors (Lipinski definition) is 8. The van der Waals surface area contributed by atoms with Gasteiger partial charge in [0.25, 0.3) is 10.0 Å². The number of hydrogen-bond donors (Lipinski definition) is 0. The summed E-state index contributed by atoms with van der Waals surface area (Å²) in [7, 11) is -3.69. The standard InChI is InChI=1S/C26H33ClN4O4S3/c1-2-19-6-3-8-21-24(19)28-26(36-21)31(13-5-11-29-14-16-35-17-15-29)25(32)20-7-4-12-30(18-20)38(33,34)23-10-9-22(27)37-23/h3,6,8-10,20H,2,4-5,7,11-18H2,1H3. The Balaban J connectivity index is 1.37. The number of benzene rings is 1. The predicted molar refractivity (Wildman–Crippen MR) is 154 cm³/mol. The molecule has 5 rings (SSSR count). The van der Waals surface area contributed by atoms with Gasteiger partial charge in [0, 0.05) is 39.3 Å². The van der Waals surface area contributed by atoms with Gasteiger partial charge in [-0.2, -0.15) is 4.31 Å². The first-order valence-electron chi connectivity index (χ1n) is 13.1. The minimum Gasteiger partial charge on any atom is -0.379 e. The second-order valence-electron chi connectivity index (χ2n) is 9.67. The molecule has 1 unspecified atom stereocenters. The van der Waals surface area contributed by atoms with Gasteiger partial charge in [0.15, 0.2) is 5.13 Å². The topological polar surface area (TPSA) is 83.0 Å². The van der Waals surface area contributed by atoms with Crippen LogP contribution in [0, 0.1) is 5.92 Å². The number of thiophene rings is 1. The summed E-state index contributed by atoms with van der Waals surface area (Å²) in [6.45, 7) is 7.38. The number of nitrogens with zero attached hydrogens (tertiary/aromatic N) is 4. The molecule has 3 aromatic rings. The number of carbonyl (C=O) groups is 1. The van der Waals surface area contributed by atoms with Crippen molar-refractivity contribution in [3.63, 3.8) is 0 Å². The molecule has 2 aliphatic rings. The monoisotopic (exact) mass is 596 g/mol. The smallest absolute Gasteiger partial charge is 0.252 e. The van der Waals surface area contributed by atoms with Gasteiger partial charge in [0.2, 0.25) is 5.91 Å². The lowest BCUT2D eigenvalue weighted by atomic mass is 9.98. The average Bonchev–Trinajstić information content (AvgIpc) is 3.58. The van der Waals surface area contributed by atoms with Crippen molar-refractivity contribution < 1.29 is 17.9 Å². The van der Waals surface area contributed by atoms with E-state index in [1.807, 2.05) is 17.0 Å². The van der Waals surface area contributed by atoms with E-state index in [1.165, 1.54) is 21.7 Å². The number of amides is 1. The van der Waals surface area contributed by atoms with E-state index in [0.29, 0.717) is 35.4 Å². The molecule has 0 N–H and O–H groups in total. The van der Waals surface area contributed by atoms with Gasteiger partial charge in [0.05, 0.1) is 33.7 Å². The van der Waals surface area contributed by atoms with E-state index in [0.717, 1.165) is 72.8 Å². The maximum atomic E-state index is 14.0. The van der Waals surface area contributed by atoms with Crippen molar-refractivity contribution in [1.29, 1.82) is 0 Å². The first-order chi connectivity index (χ1) is 18.4. The zero-order valence-electron chi connectivity index (χ0n) is 21.5. The summed E-state index contributed by atoms with van der Waals surface area (Å²) in [5.74, 6) is -0.469. The summed E-state index contributed by atoms with van der Waals surface area (Å²) in [6, 6.07) is 9.30. The molecule has 2 saturated heterocycles. The highest BCUT2D eigenvalue weighted by Gasteiger charge is 2.36. The highest BCUT2D eigenvalue weighted by Crippen LogP contribution is 2.34. The molecule has 38 heavy (non-hydrogen) atoms. The number of morpholine rings is 1. The van der Waals surface area contributed by atoms with Crippen molar-refractivity contribution in [3.05, 3.63) is 40.2 Å². The van der Waals surface area contributed by atoms with Crippen LogP contribution in [0.15, 0.2) is 34.5 Å². The van der Waals surface area contributed by atoms with Crippen LogP contribution in [0.2, 0.25) is 4.34 Å². The summed E-state index contributed by atoms with van der Waals surface area (Å²) in [6.07, 6.45) is 2.97. The molecule has 12 heteroatoms. The number of piperidine rings is 1. The fourth-order valence-corrected chi connectivity index (χ4v) is 9.32. The number of carbonyl (C=O) groups excluding carboxylic acids is 1. The van der Waals surface area contributed by atoms with E-state index in [2.05, 4.69) is 17.9 Å². The zero-order chi connectivity index (χ0) is 26.7. The molecule has 0 aliphatic carbocycles. The molecule has 1 amide bonds. The number of para-hydroxylation sites is 1. The number of ether oxygens (including phenoxy) is 1. The van der Waals surface area contributed by atoms with E-state index in [4.69, 9.17) is 21.3 Å². The molecule has 1 aromatic carbocycles. The summed E-state index contributed by atoms with van der Waals surface area (Å²) >= 11 is 8.60. The quantitative estimate of drug-likeness (QED) is 0.355. The number of rotatable bonds is 9. The number of aromatic nitrogens is 1. The first kappa shape index (κ1) is 27.9. The molecule has 0 spiro atoms. The number of sulfonamides is 1. The van der Waals surface area contributed by atoms with Crippen molar-refractivity contribution in [2.75, 3.05) is 57.4 Å². The van der Waals surface area contributed by atoms with Gasteiger partial charge in [-0.1, -0.05) is 42.0 Å². The number of halogens is 1. The Kier molecular flexibility index (Phi) is 9.03. The maximum Gasteiger partial charge on any atom is 0.252 e. The van der Waals surface area contributed by atoms with E-state index in [1.54, 1.807) is 6.07 Å². The number of fused-ring (bicyclic) bond motifs is 1. The molecule has 2 aromatic heterocycles. The van der Waals surface area contributed by atoms with Crippen molar-refractivity contribution in [1.82, 2.24) is 14.2 Å². The number of anilines is 1. The lowest BCUT2D eigenvalue weighted by Crippen LogP contribution is -2.47. The molecule has 206 valence electrons. The van der Waals surface area contributed by atoms with Crippen molar-refractivity contribution in [2.24, 2.45) is 5.92 Å². The first-order valence-corrected chi connectivity index (χ1v) is 16.6. The fourth-order valence-electron chi connectivity index (χ4n) is 5.12. The Bertz CT molecular complexity index is 1370. The molecular weight excluding hydrogens is 564 g/mol. The number of thiazole rings is 1. The third kappa shape index (κ3) is 6.09. The van der Waals surface area contributed by atoms with Gasteiger partial charge in [-0.3, -0.25) is 14.6 Å². The van der Waals surface area contributed by atoms with Crippen molar-refractivity contribution in [3.8, 4) is 0 Å². The Labute approximate surface area is 237 Å². The largest absolute Gasteiger partial charge is 0.379 e. The van der Waals surface area contributed by atoms with Crippen LogP contribution in [0.1, 0.15) is 31.7 Å². The van der Waals surface area contributed by atoms with Crippen LogP contribution in [0.5, 0.6) is 0 Å². The molecule has 2 fully saturated rings. The summed E-state index contributed by atoms with van der Waals surface area (Å²) in [4.78, 5) is 23.1. The Morgan fingerprint density at radius 1 is 1.18 bits per heavy atom. The Hall–Kier alpha value is -1.60. The normalized spacial score (nSPS) is 19.7. The molecule has 2 aliphatic heterocycles. The average molecular weight is 597 g/mol. The molecule has 0 radical (unpaired) electrons. The molecular formula is C26H33ClN4O4S3. The molecule has 8 nitrogen and oxygen atoms in total. The van der Waals surface area contributed by atoms with E-state index in [9.17, 15) is 13.2 Å². The molecule has 4 heterocycles. The highest BCUT2D eigenvalue weighted by atomic mass is 35.5. The molecule has 1 atom stereocenters. The van der Waals surface area contributed by atoms with E-state index < -0.39 is 15.9 Å². The Morgan fingerprint density at radius 3 is 2.74 bits per heavy atom.